The molecule has 2 aromatic rings. The smallest absolute Gasteiger partial charge is 0.282 e. The van der Waals surface area contributed by atoms with Gasteiger partial charge in [0, 0.05) is 6.08 Å². The summed E-state index contributed by atoms with van der Waals surface area (Å²) in [6.07, 6.45) is 3.11. The van der Waals surface area contributed by atoms with Crippen LogP contribution in [0.15, 0.2) is 52.7 Å². The molecule has 176 valence electrons. The summed E-state index contributed by atoms with van der Waals surface area (Å²) in [5.41, 5.74) is 2.98. The molecule has 2 aromatic carbocycles. The fourth-order valence-electron chi connectivity index (χ4n) is 3.44. The molecule has 0 atom stereocenters. The van der Waals surface area contributed by atoms with Crippen molar-refractivity contribution < 1.29 is 23.8 Å². The van der Waals surface area contributed by atoms with Crippen LogP contribution in [-0.4, -0.2) is 43.0 Å². The second-order valence-corrected chi connectivity index (χ2v) is 8.21. The largest absolute Gasteiger partial charge is 0.493 e. The van der Waals surface area contributed by atoms with E-state index in [1.54, 1.807) is 25.1 Å². The highest BCUT2D eigenvalue weighted by molar-refractivity contribution is 6.33. The molecular formula is C25H24ClN3O5. The molecule has 8 nitrogen and oxygen atoms in total. The summed E-state index contributed by atoms with van der Waals surface area (Å²) < 4.78 is 17.0. The van der Waals surface area contributed by atoms with Crippen LogP contribution in [0.5, 0.6) is 17.2 Å². The predicted molar refractivity (Wildman–Crippen MR) is 130 cm³/mol. The number of halogens is 1. The highest BCUT2D eigenvalue weighted by Crippen LogP contribution is 2.37. The molecule has 0 unspecified atom stereocenters. The minimum Gasteiger partial charge on any atom is -0.493 e. The van der Waals surface area contributed by atoms with Gasteiger partial charge in [-0.25, -0.2) is 0 Å². The van der Waals surface area contributed by atoms with Crippen molar-refractivity contribution in [1.29, 1.82) is 5.41 Å². The van der Waals surface area contributed by atoms with Gasteiger partial charge in [-0.3, -0.25) is 10.2 Å². The Hall–Kier alpha value is -3.78. The summed E-state index contributed by atoms with van der Waals surface area (Å²) in [5, 5.41) is 9.84. The third-order valence-corrected chi connectivity index (χ3v) is 5.60. The van der Waals surface area contributed by atoms with E-state index in [0.29, 0.717) is 34.5 Å². The number of hydrogen-bond acceptors (Lipinski definition) is 6. The number of amidine groups is 2. The summed E-state index contributed by atoms with van der Waals surface area (Å²) >= 11 is 6.46. The van der Waals surface area contributed by atoms with Crippen LogP contribution in [0.25, 0.3) is 6.08 Å². The van der Waals surface area contributed by atoms with Crippen LogP contribution < -0.4 is 14.2 Å². The lowest BCUT2D eigenvalue weighted by Gasteiger charge is -2.23. The van der Waals surface area contributed by atoms with Crippen molar-refractivity contribution in [3.8, 4) is 17.2 Å². The Bertz CT molecular complexity index is 1270. The molecule has 34 heavy (non-hydrogen) atoms. The number of hydrogen-bond donors (Lipinski definition) is 1. The van der Waals surface area contributed by atoms with Gasteiger partial charge in [0.2, 0.25) is 0 Å². The summed E-state index contributed by atoms with van der Waals surface area (Å²) in [5.74, 6) is 1.70. The number of aliphatic imine (C=N–C) groups is 1. The van der Waals surface area contributed by atoms with E-state index < -0.39 is 5.91 Å². The quantitative estimate of drug-likeness (QED) is 0.447. The lowest BCUT2D eigenvalue weighted by atomic mass is 10.1. The van der Waals surface area contributed by atoms with Crippen molar-refractivity contribution in [2.45, 2.75) is 20.8 Å². The van der Waals surface area contributed by atoms with Crippen LogP contribution in [0.2, 0.25) is 5.02 Å². The monoisotopic (exact) mass is 481 g/mol. The normalized spacial score (nSPS) is 16.1. The molecule has 0 spiro atoms. The maximum Gasteiger partial charge on any atom is 0.282 e. The average Bonchev–Trinajstić information content (AvgIpc) is 3.17. The lowest BCUT2D eigenvalue weighted by molar-refractivity contribution is -0.114. The number of ether oxygens (including phenoxy) is 3. The van der Waals surface area contributed by atoms with Crippen molar-refractivity contribution >= 4 is 35.3 Å². The number of nitrogens with zero attached hydrogens (tertiary/aromatic N) is 2. The number of carbonyl (C=O) groups excluding carboxylic acids is 1. The van der Waals surface area contributed by atoms with Gasteiger partial charge in [-0.15, -0.1) is 5.06 Å². The van der Waals surface area contributed by atoms with Gasteiger partial charge in [-0.1, -0.05) is 17.7 Å². The highest BCUT2D eigenvalue weighted by atomic mass is 35.5. The topological polar surface area (TPSA) is 93.4 Å². The Morgan fingerprint density at radius 3 is 2.62 bits per heavy atom. The number of rotatable bonds is 7. The maximum atomic E-state index is 12.5. The van der Waals surface area contributed by atoms with Crippen molar-refractivity contribution in [2.24, 2.45) is 4.99 Å². The van der Waals surface area contributed by atoms with Gasteiger partial charge < -0.3 is 19.0 Å². The van der Waals surface area contributed by atoms with Gasteiger partial charge in [0.1, 0.15) is 24.7 Å². The lowest BCUT2D eigenvalue weighted by Crippen LogP contribution is -2.38. The van der Waals surface area contributed by atoms with E-state index in [0.717, 1.165) is 11.3 Å². The molecule has 2 aliphatic rings. The Morgan fingerprint density at radius 2 is 1.88 bits per heavy atom. The number of methoxy groups -OCH3 is 1. The maximum absolute atomic E-state index is 12.5. The first-order valence-corrected chi connectivity index (χ1v) is 10.9. The molecule has 0 aromatic heterocycles. The first-order chi connectivity index (χ1) is 16.3. The molecule has 0 radical (unpaired) electrons. The van der Waals surface area contributed by atoms with Crippen molar-refractivity contribution in [3.63, 3.8) is 0 Å². The van der Waals surface area contributed by atoms with Crippen molar-refractivity contribution in [1.82, 2.24) is 5.06 Å². The second kappa shape index (κ2) is 9.61. The summed E-state index contributed by atoms with van der Waals surface area (Å²) in [4.78, 5) is 21.9. The zero-order chi connectivity index (χ0) is 24.4. The molecule has 0 saturated heterocycles. The second-order valence-electron chi connectivity index (χ2n) is 7.80. The number of fused-ring (bicyclic) bond motifs is 1. The van der Waals surface area contributed by atoms with E-state index in [4.69, 9.17) is 36.1 Å². The Balaban J connectivity index is 1.47. The fourth-order valence-corrected chi connectivity index (χ4v) is 3.71. The van der Waals surface area contributed by atoms with Crippen LogP contribution in [0.4, 0.5) is 0 Å². The van der Waals surface area contributed by atoms with E-state index in [1.165, 1.54) is 23.8 Å². The summed E-state index contributed by atoms with van der Waals surface area (Å²) in [6, 6.07) is 9.21. The molecule has 2 aliphatic heterocycles. The molecule has 9 heteroatoms. The zero-order valence-electron chi connectivity index (χ0n) is 19.3. The van der Waals surface area contributed by atoms with Gasteiger partial charge in [-0.2, -0.15) is 4.99 Å². The standard InChI is InChI=1S/C25H24ClN3O5/c1-14-5-6-18(9-15(14)2)32-7-8-33-23-20(26)12-17(13-21(23)31-4)11-19-24(27)29-22(28-25(19)30)10-16(3)34-29/h5-6,9-13,27H,7-8H2,1-4H3/b19-11+,27-24?. The highest BCUT2D eigenvalue weighted by Gasteiger charge is 2.34. The van der Waals surface area contributed by atoms with Gasteiger partial charge in [0.15, 0.2) is 23.2 Å². The molecular weight excluding hydrogens is 458 g/mol. The molecule has 4 rings (SSSR count). The first-order valence-electron chi connectivity index (χ1n) is 10.6. The van der Waals surface area contributed by atoms with E-state index in [1.807, 2.05) is 32.0 Å². The van der Waals surface area contributed by atoms with E-state index >= 15 is 0 Å². The molecule has 0 fully saturated rings. The Labute approximate surface area is 202 Å². The van der Waals surface area contributed by atoms with Gasteiger partial charge >= 0.3 is 0 Å². The van der Waals surface area contributed by atoms with E-state index in [-0.39, 0.29) is 23.9 Å². The third kappa shape index (κ3) is 4.77. The number of hydroxylamine groups is 2. The molecule has 0 bridgehead atoms. The number of amides is 1. The van der Waals surface area contributed by atoms with Crippen LogP contribution in [0.1, 0.15) is 23.6 Å². The van der Waals surface area contributed by atoms with Crippen LogP contribution in [0.3, 0.4) is 0 Å². The Kier molecular flexibility index (Phi) is 6.61. The first kappa shape index (κ1) is 23.4. The zero-order valence-corrected chi connectivity index (χ0v) is 20.0. The van der Waals surface area contributed by atoms with E-state index in [2.05, 4.69) is 4.99 Å². The number of allylic oxidation sites excluding steroid dienone is 1. The van der Waals surface area contributed by atoms with Crippen molar-refractivity contribution in [3.05, 3.63) is 69.5 Å². The molecule has 2 heterocycles. The molecule has 0 saturated carbocycles. The van der Waals surface area contributed by atoms with E-state index in [9.17, 15) is 4.79 Å². The van der Waals surface area contributed by atoms with Gasteiger partial charge in [-0.05, 0) is 67.8 Å². The average molecular weight is 482 g/mol. The van der Waals surface area contributed by atoms with Crippen LogP contribution in [-0.2, 0) is 9.63 Å². The number of carbonyl (C=O) groups is 1. The Morgan fingerprint density at radius 1 is 1.12 bits per heavy atom. The molecule has 1 N–H and O–H groups in total. The number of aryl methyl sites for hydroxylation is 2. The third-order valence-electron chi connectivity index (χ3n) is 5.32. The fraction of sp³-hybridized carbons (Fsp3) is 0.240. The predicted octanol–water partition coefficient (Wildman–Crippen LogP) is 4.87. The minimum absolute atomic E-state index is 0.0698. The van der Waals surface area contributed by atoms with Crippen molar-refractivity contribution in [2.75, 3.05) is 20.3 Å². The summed E-state index contributed by atoms with van der Waals surface area (Å²) in [6.45, 7) is 6.37. The van der Waals surface area contributed by atoms with Crippen LogP contribution >= 0.6 is 11.6 Å². The number of benzene rings is 2. The molecule has 0 aliphatic carbocycles. The van der Waals surface area contributed by atoms with Gasteiger partial charge in [0.05, 0.1) is 17.7 Å². The number of nitrogens with one attached hydrogen (secondary N) is 1. The SMILES string of the molecule is COc1cc(/C=C2\C(=N)N3OC(C)=CC3=NC2=O)cc(Cl)c1OCCOc1ccc(C)c(C)c1. The minimum atomic E-state index is -0.537. The molecule has 1 amide bonds. The van der Waals surface area contributed by atoms with Crippen LogP contribution in [0, 0.1) is 19.3 Å². The van der Waals surface area contributed by atoms with Gasteiger partial charge in [0.25, 0.3) is 5.91 Å². The summed E-state index contributed by atoms with van der Waals surface area (Å²) in [7, 11) is 1.50.